The van der Waals surface area contributed by atoms with E-state index in [9.17, 15) is 9.90 Å². The lowest BCUT2D eigenvalue weighted by atomic mass is 9.83. The van der Waals surface area contributed by atoms with E-state index in [1.165, 1.54) is 4.68 Å². The van der Waals surface area contributed by atoms with Gasteiger partial charge < -0.3 is 10.4 Å². The number of hydrogen-bond donors (Lipinski definition) is 2. The van der Waals surface area contributed by atoms with E-state index in [-0.39, 0.29) is 17.6 Å². The van der Waals surface area contributed by atoms with Crippen LogP contribution in [-0.2, 0) is 6.54 Å². The minimum absolute atomic E-state index is 0.127. The van der Waals surface area contributed by atoms with Crippen LogP contribution in [0.1, 0.15) is 40.5 Å². The van der Waals surface area contributed by atoms with Crippen LogP contribution >= 0.6 is 15.9 Å². The normalized spacial score (nSPS) is 12.0. The van der Waals surface area contributed by atoms with Crippen LogP contribution in [0, 0.1) is 11.3 Å². The van der Waals surface area contributed by atoms with Crippen molar-refractivity contribution in [1.82, 2.24) is 9.78 Å². The molecule has 1 aromatic rings. The van der Waals surface area contributed by atoms with Gasteiger partial charge in [-0.05, 0) is 34.7 Å². The molecule has 0 saturated carbocycles. The highest BCUT2D eigenvalue weighted by atomic mass is 79.9. The summed E-state index contributed by atoms with van der Waals surface area (Å²) in [6.07, 6.45) is 3.42. The van der Waals surface area contributed by atoms with Crippen LogP contribution in [0.2, 0.25) is 0 Å². The van der Waals surface area contributed by atoms with Crippen molar-refractivity contribution in [3.8, 4) is 0 Å². The number of hydrogen-bond acceptors (Lipinski definition) is 4. The Bertz CT molecular complexity index is 502. The van der Waals surface area contributed by atoms with Gasteiger partial charge in [0.1, 0.15) is 4.47 Å². The lowest BCUT2D eigenvalue weighted by Gasteiger charge is -2.30. The molecule has 0 amide bonds. The van der Waals surface area contributed by atoms with E-state index in [0.717, 1.165) is 12.8 Å². The third-order valence-electron chi connectivity index (χ3n) is 4.01. The first-order chi connectivity index (χ1) is 9.89. The van der Waals surface area contributed by atoms with Crippen LogP contribution in [0.5, 0.6) is 0 Å². The molecule has 0 aromatic carbocycles. The summed E-state index contributed by atoms with van der Waals surface area (Å²) in [4.78, 5) is 12.2. The highest BCUT2D eigenvalue weighted by Gasteiger charge is 2.25. The molecular formula is C15H26BrN3O2. The first kappa shape index (κ1) is 18.2. The van der Waals surface area contributed by atoms with Gasteiger partial charge in [-0.3, -0.25) is 4.79 Å². The first-order valence-corrected chi connectivity index (χ1v) is 8.28. The summed E-state index contributed by atoms with van der Waals surface area (Å²) in [6, 6.07) is 0. The Labute approximate surface area is 134 Å². The van der Waals surface area contributed by atoms with E-state index in [2.05, 4.69) is 40.2 Å². The van der Waals surface area contributed by atoms with E-state index in [1.807, 2.05) is 13.8 Å². The van der Waals surface area contributed by atoms with Gasteiger partial charge in [0.15, 0.2) is 0 Å². The van der Waals surface area contributed by atoms with Gasteiger partial charge in [-0.15, -0.1) is 0 Å². The Balaban J connectivity index is 2.91. The first-order valence-electron chi connectivity index (χ1n) is 7.49. The fourth-order valence-electron chi connectivity index (χ4n) is 2.13. The zero-order chi connectivity index (χ0) is 16.0. The molecule has 6 heteroatoms. The van der Waals surface area contributed by atoms with Crippen molar-refractivity contribution < 1.29 is 5.11 Å². The number of aromatic nitrogens is 2. The molecule has 1 heterocycles. The molecule has 0 aliphatic carbocycles. The maximum absolute atomic E-state index is 12.2. The molecule has 2 N–H and O–H groups in total. The van der Waals surface area contributed by atoms with E-state index in [4.69, 9.17) is 0 Å². The van der Waals surface area contributed by atoms with E-state index < -0.39 is 0 Å². The van der Waals surface area contributed by atoms with Gasteiger partial charge in [0, 0.05) is 18.5 Å². The quantitative estimate of drug-likeness (QED) is 0.748. The number of rotatable bonds is 8. The highest BCUT2D eigenvalue weighted by molar-refractivity contribution is 9.10. The summed E-state index contributed by atoms with van der Waals surface area (Å²) in [5.74, 6) is 0.364. The van der Waals surface area contributed by atoms with Crippen molar-refractivity contribution in [1.29, 1.82) is 0 Å². The molecule has 0 fully saturated rings. The minimum atomic E-state index is -0.160. The summed E-state index contributed by atoms with van der Waals surface area (Å²) < 4.78 is 1.97. The largest absolute Gasteiger partial charge is 0.396 e. The van der Waals surface area contributed by atoms with Crippen LogP contribution in [-0.4, -0.2) is 28.0 Å². The highest BCUT2D eigenvalue weighted by Crippen LogP contribution is 2.27. The van der Waals surface area contributed by atoms with E-state index >= 15 is 0 Å². The van der Waals surface area contributed by atoms with Crippen LogP contribution in [0.3, 0.4) is 0 Å². The van der Waals surface area contributed by atoms with Gasteiger partial charge in [0.2, 0.25) is 0 Å². The molecule has 1 aromatic heterocycles. The van der Waals surface area contributed by atoms with E-state index in [1.54, 1.807) is 6.20 Å². The number of aliphatic hydroxyl groups is 1. The molecular weight excluding hydrogens is 334 g/mol. The van der Waals surface area contributed by atoms with Gasteiger partial charge >= 0.3 is 0 Å². The van der Waals surface area contributed by atoms with Crippen molar-refractivity contribution in [2.75, 3.05) is 18.5 Å². The van der Waals surface area contributed by atoms with Crippen molar-refractivity contribution in [3.63, 3.8) is 0 Å². The number of halogens is 1. The topological polar surface area (TPSA) is 67.2 Å². The zero-order valence-electron chi connectivity index (χ0n) is 13.3. The molecule has 120 valence electrons. The maximum Gasteiger partial charge on any atom is 0.283 e. The van der Waals surface area contributed by atoms with Crippen LogP contribution in [0.15, 0.2) is 15.5 Å². The van der Waals surface area contributed by atoms with Gasteiger partial charge in [-0.2, -0.15) is 5.10 Å². The number of aliphatic hydroxyl groups excluding tert-OH is 1. The van der Waals surface area contributed by atoms with Crippen molar-refractivity contribution in [2.45, 2.75) is 47.1 Å². The summed E-state index contributed by atoms with van der Waals surface area (Å²) in [6.45, 7) is 9.57. The zero-order valence-corrected chi connectivity index (χ0v) is 14.9. The van der Waals surface area contributed by atoms with Crippen LogP contribution in [0.4, 0.5) is 5.69 Å². The SMILES string of the molecule is CCC(CC)(CO)CNc1cnn(CC(C)C)c(=O)c1Br. The maximum atomic E-state index is 12.2. The molecule has 0 radical (unpaired) electrons. The van der Waals surface area contributed by atoms with Crippen molar-refractivity contribution in [3.05, 3.63) is 21.0 Å². The average molecular weight is 360 g/mol. The minimum Gasteiger partial charge on any atom is -0.396 e. The Hall–Kier alpha value is -0.880. The predicted octanol–water partition coefficient (Wildman–Crippen LogP) is 2.87. The van der Waals surface area contributed by atoms with E-state index in [0.29, 0.717) is 29.2 Å². The molecule has 1 rings (SSSR count). The third kappa shape index (κ3) is 4.54. The standard InChI is InChI=1S/C15H26BrN3O2/c1-5-15(6-2,10-20)9-17-12-7-18-19(8-11(3)4)14(21)13(12)16/h7,11,17,20H,5-6,8-10H2,1-4H3. The molecule has 0 aliphatic heterocycles. The smallest absolute Gasteiger partial charge is 0.283 e. The monoisotopic (exact) mass is 359 g/mol. The fourth-order valence-corrected chi connectivity index (χ4v) is 2.57. The van der Waals surface area contributed by atoms with Crippen molar-refractivity contribution >= 4 is 21.6 Å². The molecule has 0 spiro atoms. The van der Waals surface area contributed by atoms with Gasteiger partial charge in [-0.1, -0.05) is 27.7 Å². The summed E-state index contributed by atoms with van der Waals surface area (Å²) in [5, 5.41) is 17.0. The second-order valence-corrected chi connectivity index (χ2v) is 6.77. The molecule has 0 bridgehead atoms. The van der Waals surface area contributed by atoms with Crippen LogP contribution < -0.4 is 10.9 Å². The summed E-state index contributed by atoms with van der Waals surface area (Å²) in [5.41, 5.74) is 0.391. The lowest BCUT2D eigenvalue weighted by Crippen LogP contribution is -2.33. The Kier molecular flexibility index (Phi) is 6.87. The molecule has 21 heavy (non-hydrogen) atoms. The fraction of sp³-hybridized carbons (Fsp3) is 0.733. The van der Waals surface area contributed by atoms with Gasteiger partial charge in [-0.25, -0.2) is 4.68 Å². The Morgan fingerprint density at radius 1 is 1.43 bits per heavy atom. The van der Waals surface area contributed by atoms with Crippen molar-refractivity contribution in [2.24, 2.45) is 11.3 Å². The third-order valence-corrected chi connectivity index (χ3v) is 4.78. The second-order valence-electron chi connectivity index (χ2n) is 5.97. The van der Waals surface area contributed by atoms with Crippen LogP contribution in [0.25, 0.3) is 0 Å². The number of anilines is 1. The van der Waals surface area contributed by atoms with Gasteiger partial charge in [0.05, 0.1) is 18.5 Å². The molecule has 0 unspecified atom stereocenters. The Morgan fingerprint density at radius 2 is 2.05 bits per heavy atom. The Morgan fingerprint density at radius 3 is 2.52 bits per heavy atom. The molecule has 0 atom stereocenters. The summed E-state index contributed by atoms with van der Waals surface area (Å²) >= 11 is 3.36. The molecule has 0 aliphatic rings. The number of nitrogens with zero attached hydrogens (tertiary/aromatic N) is 2. The lowest BCUT2D eigenvalue weighted by molar-refractivity contribution is 0.127. The molecule has 0 saturated heterocycles. The van der Waals surface area contributed by atoms with Gasteiger partial charge in [0.25, 0.3) is 5.56 Å². The second kappa shape index (κ2) is 7.94. The summed E-state index contributed by atoms with van der Waals surface area (Å²) in [7, 11) is 0. The average Bonchev–Trinajstić information content (AvgIpc) is 2.47. The number of nitrogens with one attached hydrogen (secondary N) is 1. The molecule has 5 nitrogen and oxygen atoms in total. The predicted molar refractivity (Wildman–Crippen MR) is 89.6 cm³/mol.